The van der Waals surface area contributed by atoms with Crippen molar-refractivity contribution in [3.63, 3.8) is 0 Å². The Hall–Kier alpha value is -0.0400. The van der Waals surface area contributed by atoms with E-state index in [0.29, 0.717) is 0 Å². The van der Waals surface area contributed by atoms with Crippen LogP contribution in [-0.2, 0) is 0 Å². The summed E-state index contributed by atoms with van der Waals surface area (Å²) in [5.74, 6) is 3.55. The number of halogens is 1. The van der Waals surface area contributed by atoms with Crippen molar-refractivity contribution in [1.29, 1.82) is 0 Å². The van der Waals surface area contributed by atoms with Crippen molar-refractivity contribution in [3.05, 3.63) is 0 Å². The van der Waals surface area contributed by atoms with Crippen molar-refractivity contribution in [2.45, 2.75) is 46.5 Å². The average molecular weight is 436 g/mol. The van der Waals surface area contributed by atoms with Crippen LogP contribution in [0.5, 0.6) is 0 Å². The summed E-state index contributed by atoms with van der Waals surface area (Å²) in [7, 11) is 2.23. The van der Waals surface area contributed by atoms with Gasteiger partial charge in [-0.2, -0.15) is 0 Å². The molecule has 1 N–H and O–H groups in total. The van der Waals surface area contributed by atoms with Crippen LogP contribution in [0.1, 0.15) is 46.5 Å². The molecule has 2 saturated heterocycles. The number of piperidine rings is 1. The third-order valence-electron chi connectivity index (χ3n) is 4.95. The standard InChI is InChI=1S/C18H36N4.HI/c1-5-19-18(20-12-17-7-6-9-21(4)13-17)22-10-8-16(14-22)11-15(2)3;/h15-17H,5-14H2,1-4H3,(H,19,20);1H. The van der Waals surface area contributed by atoms with E-state index in [1.165, 1.54) is 51.9 Å². The molecule has 0 aromatic carbocycles. The summed E-state index contributed by atoms with van der Waals surface area (Å²) >= 11 is 0. The summed E-state index contributed by atoms with van der Waals surface area (Å²) < 4.78 is 0. The number of nitrogens with one attached hydrogen (secondary N) is 1. The predicted molar refractivity (Wildman–Crippen MR) is 111 cm³/mol. The van der Waals surface area contributed by atoms with Gasteiger partial charge in [0.1, 0.15) is 0 Å². The number of rotatable bonds is 5. The SMILES string of the molecule is CCNC(=NCC1CCCN(C)C1)N1CCC(CC(C)C)C1.I. The molecule has 5 heteroatoms. The summed E-state index contributed by atoms with van der Waals surface area (Å²) in [6.45, 7) is 13.6. The highest BCUT2D eigenvalue weighted by Gasteiger charge is 2.25. The molecule has 0 radical (unpaired) electrons. The highest BCUT2D eigenvalue weighted by atomic mass is 127. The molecule has 0 aromatic heterocycles. The van der Waals surface area contributed by atoms with Crippen LogP contribution < -0.4 is 5.32 Å². The van der Waals surface area contributed by atoms with E-state index in [1.807, 2.05) is 0 Å². The first-order valence-corrected chi connectivity index (χ1v) is 9.30. The van der Waals surface area contributed by atoms with Crippen molar-refractivity contribution in [2.75, 3.05) is 46.3 Å². The van der Waals surface area contributed by atoms with E-state index in [4.69, 9.17) is 4.99 Å². The molecule has 0 aromatic rings. The van der Waals surface area contributed by atoms with Crippen LogP contribution in [0, 0.1) is 17.8 Å². The van der Waals surface area contributed by atoms with Gasteiger partial charge in [0.25, 0.3) is 0 Å². The van der Waals surface area contributed by atoms with Gasteiger partial charge >= 0.3 is 0 Å². The molecule has 2 aliphatic heterocycles. The molecular formula is C18H37IN4. The zero-order valence-corrected chi connectivity index (χ0v) is 17.9. The maximum absolute atomic E-state index is 4.97. The number of aliphatic imine (C=N–C) groups is 1. The maximum Gasteiger partial charge on any atom is 0.193 e. The predicted octanol–water partition coefficient (Wildman–Crippen LogP) is 3.28. The van der Waals surface area contributed by atoms with Crippen molar-refractivity contribution in [1.82, 2.24) is 15.1 Å². The number of nitrogens with zero attached hydrogens (tertiary/aromatic N) is 3. The van der Waals surface area contributed by atoms with Gasteiger partial charge in [-0.05, 0) is 64.0 Å². The first-order chi connectivity index (χ1) is 10.6. The number of hydrogen-bond donors (Lipinski definition) is 1. The van der Waals surface area contributed by atoms with Crippen LogP contribution >= 0.6 is 24.0 Å². The van der Waals surface area contributed by atoms with Gasteiger partial charge < -0.3 is 15.1 Å². The fraction of sp³-hybridized carbons (Fsp3) is 0.944. The molecule has 4 nitrogen and oxygen atoms in total. The van der Waals surface area contributed by atoms with Gasteiger partial charge in [0.05, 0.1) is 0 Å². The molecule has 23 heavy (non-hydrogen) atoms. The molecule has 2 aliphatic rings. The van der Waals surface area contributed by atoms with E-state index in [9.17, 15) is 0 Å². The highest BCUT2D eigenvalue weighted by Crippen LogP contribution is 2.23. The van der Waals surface area contributed by atoms with Gasteiger partial charge in [0, 0.05) is 32.7 Å². The Kier molecular flexibility index (Phi) is 9.82. The van der Waals surface area contributed by atoms with Crippen LogP contribution in [0.4, 0.5) is 0 Å². The third kappa shape index (κ3) is 7.16. The number of guanidine groups is 1. The Balaban J connectivity index is 0.00000264. The van der Waals surface area contributed by atoms with Crippen LogP contribution in [0.3, 0.4) is 0 Å². The molecule has 0 saturated carbocycles. The van der Waals surface area contributed by atoms with E-state index in [1.54, 1.807) is 0 Å². The van der Waals surface area contributed by atoms with E-state index < -0.39 is 0 Å². The van der Waals surface area contributed by atoms with E-state index in [-0.39, 0.29) is 24.0 Å². The first kappa shape index (κ1) is 21.0. The van der Waals surface area contributed by atoms with Gasteiger partial charge in [-0.25, -0.2) is 0 Å². The Labute approximate surface area is 160 Å². The summed E-state index contributed by atoms with van der Waals surface area (Å²) in [6.07, 6.45) is 5.34. The Morgan fingerprint density at radius 2 is 1.96 bits per heavy atom. The molecule has 2 atom stereocenters. The molecule has 2 rings (SSSR count). The van der Waals surface area contributed by atoms with Gasteiger partial charge in [-0.15, -0.1) is 24.0 Å². The maximum atomic E-state index is 4.97. The lowest BCUT2D eigenvalue weighted by Crippen LogP contribution is -2.41. The van der Waals surface area contributed by atoms with Crippen molar-refractivity contribution in [2.24, 2.45) is 22.7 Å². The second-order valence-electron chi connectivity index (χ2n) is 7.70. The molecule has 0 amide bonds. The van der Waals surface area contributed by atoms with Crippen LogP contribution in [-0.4, -0.2) is 62.1 Å². The number of hydrogen-bond acceptors (Lipinski definition) is 2. The number of likely N-dealkylation sites (tertiary alicyclic amines) is 2. The van der Waals surface area contributed by atoms with Crippen molar-refractivity contribution < 1.29 is 0 Å². The zero-order chi connectivity index (χ0) is 15.9. The second kappa shape index (κ2) is 10.7. The van der Waals surface area contributed by atoms with Gasteiger partial charge in [-0.1, -0.05) is 13.8 Å². The normalized spacial score (nSPS) is 26.5. The lowest BCUT2D eigenvalue weighted by molar-refractivity contribution is 0.214. The fourth-order valence-corrected chi connectivity index (χ4v) is 3.95. The third-order valence-corrected chi connectivity index (χ3v) is 4.95. The van der Waals surface area contributed by atoms with E-state index >= 15 is 0 Å². The van der Waals surface area contributed by atoms with E-state index in [0.717, 1.165) is 36.8 Å². The van der Waals surface area contributed by atoms with Gasteiger partial charge in [0.15, 0.2) is 5.96 Å². The lowest BCUT2D eigenvalue weighted by Gasteiger charge is -2.29. The van der Waals surface area contributed by atoms with Crippen LogP contribution in [0.15, 0.2) is 4.99 Å². The van der Waals surface area contributed by atoms with Gasteiger partial charge in [0.2, 0.25) is 0 Å². The summed E-state index contributed by atoms with van der Waals surface area (Å²) in [5.41, 5.74) is 0. The second-order valence-corrected chi connectivity index (χ2v) is 7.70. The fourth-order valence-electron chi connectivity index (χ4n) is 3.95. The summed E-state index contributed by atoms with van der Waals surface area (Å²) in [5, 5.41) is 3.51. The van der Waals surface area contributed by atoms with Crippen LogP contribution in [0.2, 0.25) is 0 Å². The monoisotopic (exact) mass is 436 g/mol. The molecule has 2 fully saturated rings. The van der Waals surface area contributed by atoms with Crippen molar-refractivity contribution in [3.8, 4) is 0 Å². The van der Waals surface area contributed by atoms with E-state index in [2.05, 4.69) is 42.9 Å². The minimum absolute atomic E-state index is 0. The highest BCUT2D eigenvalue weighted by molar-refractivity contribution is 14.0. The zero-order valence-electron chi connectivity index (χ0n) is 15.6. The topological polar surface area (TPSA) is 30.9 Å². The van der Waals surface area contributed by atoms with Crippen LogP contribution in [0.25, 0.3) is 0 Å². The quantitative estimate of drug-likeness (QED) is 0.408. The average Bonchev–Trinajstić information content (AvgIpc) is 2.91. The molecular weight excluding hydrogens is 399 g/mol. The smallest absolute Gasteiger partial charge is 0.193 e. The lowest BCUT2D eigenvalue weighted by atomic mass is 9.97. The van der Waals surface area contributed by atoms with Crippen molar-refractivity contribution >= 4 is 29.9 Å². The molecule has 2 unspecified atom stereocenters. The molecule has 0 bridgehead atoms. The van der Waals surface area contributed by atoms with Gasteiger partial charge in [-0.3, -0.25) is 4.99 Å². The molecule has 136 valence electrons. The Bertz CT molecular complexity index is 359. The molecule has 0 aliphatic carbocycles. The molecule has 2 heterocycles. The minimum atomic E-state index is 0. The minimum Gasteiger partial charge on any atom is -0.357 e. The first-order valence-electron chi connectivity index (χ1n) is 9.30. The summed E-state index contributed by atoms with van der Waals surface area (Å²) in [4.78, 5) is 9.91. The Morgan fingerprint density at radius 1 is 1.17 bits per heavy atom. The summed E-state index contributed by atoms with van der Waals surface area (Å²) in [6, 6.07) is 0. The Morgan fingerprint density at radius 3 is 2.61 bits per heavy atom. The largest absolute Gasteiger partial charge is 0.357 e. The molecule has 0 spiro atoms.